The molecule has 1 rings (SSSR count). The molecule has 0 unspecified atom stereocenters. The van der Waals surface area contributed by atoms with Gasteiger partial charge < -0.3 is 10.6 Å². The van der Waals surface area contributed by atoms with Crippen LogP contribution in [0.4, 0.5) is 5.82 Å². The molecule has 0 aliphatic heterocycles. The number of aryl methyl sites for hydroxylation is 2. The van der Waals surface area contributed by atoms with Crippen LogP contribution >= 0.6 is 0 Å². The molecule has 1 amide bonds. The zero-order valence-electron chi connectivity index (χ0n) is 10.5. The highest BCUT2D eigenvalue weighted by molar-refractivity contribution is 5.81. The smallest absolute Gasteiger partial charge is 0.239 e. The molecule has 92 valence electrons. The van der Waals surface area contributed by atoms with E-state index in [9.17, 15) is 4.79 Å². The molecule has 2 N–H and O–H groups in total. The monoisotopic (exact) mass is 235 g/mol. The molecular formula is C11H17N5O. The van der Waals surface area contributed by atoms with Crippen molar-refractivity contribution in [3.63, 3.8) is 0 Å². The number of rotatable bonds is 4. The van der Waals surface area contributed by atoms with Crippen LogP contribution in [-0.2, 0) is 11.8 Å². The van der Waals surface area contributed by atoms with Gasteiger partial charge in [-0.3, -0.25) is 9.48 Å². The topological polar surface area (TPSA) is 82.7 Å². The average molecular weight is 235 g/mol. The van der Waals surface area contributed by atoms with Gasteiger partial charge >= 0.3 is 0 Å². The second-order valence-corrected chi connectivity index (χ2v) is 4.12. The Morgan fingerprint density at radius 2 is 2.24 bits per heavy atom. The van der Waals surface area contributed by atoms with E-state index in [1.165, 1.54) is 0 Å². The maximum Gasteiger partial charge on any atom is 0.239 e. The Morgan fingerprint density at radius 3 is 2.76 bits per heavy atom. The van der Waals surface area contributed by atoms with E-state index in [0.717, 1.165) is 0 Å². The second kappa shape index (κ2) is 5.34. The minimum atomic E-state index is -0.109. The van der Waals surface area contributed by atoms with E-state index in [0.29, 0.717) is 17.1 Å². The zero-order valence-corrected chi connectivity index (χ0v) is 10.5. The summed E-state index contributed by atoms with van der Waals surface area (Å²) in [6.07, 6.45) is 0. The SMILES string of the molecule is Cc1nn(C)c(NCC(=O)NC(C)C)c1C#N. The van der Waals surface area contributed by atoms with E-state index in [-0.39, 0.29) is 18.5 Å². The molecule has 1 heterocycles. The van der Waals surface area contributed by atoms with Crippen LogP contribution in [0.1, 0.15) is 25.1 Å². The molecule has 17 heavy (non-hydrogen) atoms. The summed E-state index contributed by atoms with van der Waals surface area (Å²) in [4.78, 5) is 11.5. The van der Waals surface area contributed by atoms with Crippen molar-refractivity contribution < 1.29 is 4.79 Å². The summed E-state index contributed by atoms with van der Waals surface area (Å²) in [7, 11) is 1.73. The van der Waals surface area contributed by atoms with Gasteiger partial charge in [0.15, 0.2) is 0 Å². The molecule has 0 bridgehead atoms. The van der Waals surface area contributed by atoms with E-state index in [1.54, 1.807) is 18.7 Å². The third kappa shape index (κ3) is 3.21. The van der Waals surface area contributed by atoms with Crippen molar-refractivity contribution in [1.29, 1.82) is 5.26 Å². The Kier molecular flexibility index (Phi) is 4.10. The summed E-state index contributed by atoms with van der Waals surface area (Å²) in [6.45, 7) is 5.68. The summed E-state index contributed by atoms with van der Waals surface area (Å²) in [5.74, 6) is 0.464. The van der Waals surface area contributed by atoms with Crippen LogP contribution in [0.25, 0.3) is 0 Å². The van der Waals surface area contributed by atoms with Crippen LogP contribution < -0.4 is 10.6 Å². The third-order valence-corrected chi connectivity index (χ3v) is 2.20. The van der Waals surface area contributed by atoms with Gasteiger partial charge in [-0.25, -0.2) is 0 Å². The maximum atomic E-state index is 11.5. The lowest BCUT2D eigenvalue weighted by Gasteiger charge is -2.10. The van der Waals surface area contributed by atoms with Gasteiger partial charge in [-0.05, 0) is 20.8 Å². The summed E-state index contributed by atoms with van der Waals surface area (Å²) in [6, 6.07) is 2.18. The van der Waals surface area contributed by atoms with Crippen molar-refractivity contribution in [2.45, 2.75) is 26.8 Å². The zero-order chi connectivity index (χ0) is 13.0. The van der Waals surface area contributed by atoms with Crippen molar-refractivity contribution in [3.8, 4) is 6.07 Å². The van der Waals surface area contributed by atoms with E-state index < -0.39 is 0 Å². The molecule has 1 aromatic rings. The number of nitrogens with one attached hydrogen (secondary N) is 2. The standard InChI is InChI=1S/C11H17N5O/c1-7(2)14-10(17)6-13-11-9(5-12)8(3)15-16(11)4/h7,13H,6H2,1-4H3,(H,14,17). The normalized spacial score (nSPS) is 10.1. The summed E-state index contributed by atoms with van der Waals surface area (Å²) in [5, 5.41) is 18.8. The van der Waals surface area contributed by atoms with Crippen LogP contribution in [-0.4, -0.2) is 28.3 Å². The van der Waals surface area contributed by atoms with Crippen molar-refractivity contribution in [1.82, 2.24) is 15.1 Å². The van der Waals surface area contributed by atoms with Crippen LogP contribution in [0.2, 0.25) is 0 Å². The molecule has 0 aliphatic rings. The number of nitriles is 1. The van der Waals surface area contributed by atoms with E-state index in [2.05, 4.69) is 21.8 Å². The van der Waals surface area contributed by atoms with Crippen molar-refractivity contribution >= 4 is 11.7 Å². The van der Waals surface area contributed by atoms with Crippen molar-refractivity contribution in [2.75, 3.05) is 11.9 Å². The number of hydrogen-bond donors (Lipinski definition) is 2. The number of nitrogens with zero attached hydrogens (tertiary/aromatic N) is 3. The predicted octanol–water partition coefficient (Wildman–Crippen LogP) is 0.537. The molecule has 0 radical (unpaired) electrons. The second-order valence-electron chi connectivity index (χ2n) is 4.12. The molecule has 0 fully saturated rings. The fraction of sp³-hybridized carbons (Fsp3) is 0.545. The van der Waals surface area contributed by atoms with Gasteiger partial charge in [-0.1, -0.05) is 0 Å². The van der Waals surface area contributed by atoms with Gasteiger partial charge in [0.05, 0.1) is 12.2 Å². The highest BCUT2D eigenvalue weighted by Gasteiger charge is 2.13. The average Bonchev–Trinajstić information content (AvgIpc) is 2.48. The Bertz CT molecular complexity index is 455. The first-order valence-corrected chi connectivity index (χ1v) is 5.42. The van der Waals surface area contributed by atoms with Gasteiger partial charge in [0, 0.05) is 13.1 Å². The Labute approximate surface area is 101 Å². The first-order valence-electron chi connectivity index (χ1n) is 5.42. The molecular weight excluding hydrogens is 218 g/mol. The number of carbonyl (C=O) groups is 1. The number of amides is 1. The Balaban J connectivity index is 2.70. The quantitative estimate of drug-likeness (QED) is 0.797. The number of hydrogen-bond acceptors (Lipinski definition) is 4. The van der Waals surface area contributed by atoms with Crippen LogP contribution in [0, 0.1) is 18.3 Å². The Hall–Kier alpha value is -2.03. The molecule has 6 nitrogen and oxygen atoms in total. The number of anilines is 1. The first kappa shape index (κ1) is 13.0. The van der Waals surface area contributed by atoms with E-state index in [1.807, 2.05) is 13.8 Å². The predicted molar refractivity (Wildman–Crippen MR) is 64.4 cm³/mol. The molecule has 0 saturated carbocycles. The van der Waals surface area contributed by atoms with Gasteiger partial charge in [-0.15, -0.1) is 0 Å². The summed E-state index contributed by atoms with van der Waals surface area (Å²) >= 11 is 0. The van der Waals surface area contributed by atoms with Crippen molar-refractivity contribution in [3.05, 3.63) is 11.3 Å². The number of carbonyl (C=O) groups excluding carboxylic acids is 1. The minimum absolute atomic E-state index is 0.105. The third-order valence-electron chi connectivity index (χ3n) is 2.20. The molecule has 0 aromatic carbocycles. The fourth-order valence-electron chi connectivity index (χ4n) is 1.53. The molecule has 0 aliphatic carbocycles. The van der Waals surface area contributed by atoms with Crippen molar-refractivity contribution in [2.24, 2.45) is 7.05 Å². The first-order chi connectivity index (χ1) is 7.95. The lowest BCUT2D eigenvalue weighted by molar-refractivity contribution is -0.119. The van der Waals surface area contributed by atoms with Gasteiger partial charge in [0.25, 0.3) is 0 Å². The molecule has 1 aromatic heterocycles. The van der Waals surface area contributed by atoms with Gasteiger partial charge in [-0.2, -0.15) is 10.4 Å². The maximum absolute atomic E-state index is 11.5. The molecule has 0 atom stereocenters. The van der Waals surface area contributed by atoms with E-state index >= 15 is 0 Å². The van der Waals surface area contributed by atoms with Crippen LogP contribution in [0.3, 0.4) is 0 Å². The fourth-order valence-corrected chi connectivity index (χ4v) is 1.53. The summed E-state index contributed by atoms with van der Waals surface area (Å²) < 4.78 is 1.57. The lowest BCUT2D eigenvalue weighted by Crippen LogP contribution is -2.35. The highest BCUT2D eigenvalue weighted by Crippen LogP contribution is 2.16. The summed E-state index contributed by atoms with van der Waals surface area (Å²) in [5.41, 5.74) is 1.13. The van der Waals surface area contributed by atoms with Gasteiger partial charge in [0.1, 0.15) is 17.5 Å². The molecule has 0 saturated heterocycles. The largest absolute Gasteiger partial charge is 0.360 e. The lowest BCUT2D eigenvalue weighted by atomic mass is 10.2. The van der Waals surface area contributed by atoms with Crippen LogP contribution in [0.5, 0.6) is 0 Å². The number of aromatic nitrogens is 2. The molecule has 6 heteroatoms. The van der Waals surface area contributed by atoms with Gasteiger partial charge in [0.2, 0.25) is 5.91 Å². The van der Waals surface area contributed by atoms with E-state index in [4.69, 9.17) is 5.26 Å². The molecule has 0 spiro atoms. The Morgan fingerprint density at radius 1 is 1.59 bits per heavy atom. The highest BCUT2D eigenvalue weighted by atomic mass is 16.1. The minimum Gasteiger partial charge on any atom is -0.360 e. The van der Waals surface area contributed by atoms with Crippen LogP contribution in [0.15, 0.2) is 0 Å².